The van der Waals surface area contributed by atoms with Crippen molar-refractivity contribution in [3.05, 3.63) is 40.5 Å². The second kappa shape index (κ2) is 4.71. The first kappa shape index (κ1) is 11.2. The van der Waals surface area contributed by atoms with Crippen LogP contribution < -0.4 is 5.32 Å². The number of nitrogens with zero attached hydrogens (tertiary/aromatic N) is 2. The Balaban J connectivity index is 2.09. The zero-order valence-corrected chi connectivity index (χ0v) is 9.27. The minimum Gasteiger partial charge on any atom is -0.478 e. The minimum atomic E-state index is -1.06. The summed E-state index contributed by atoms with van der Waals surface area (Å²) in [5, 5.41) is 11.2. The van der Waals surface area contributed by atoms with Gasteiger partial charge in [0.2, 0.25) is 0 Å². The third kappa shape index (κ3) is 2.64. The lowest BCUT2D eigenvalue weighted by Crippen LogP contribution is -2.11. The van der Waals surface area contributed by atoms with Crippen LogP contribution in [0.1, 0.15) is 20.0 Å². The van der Waals surface area contributed by atoms with E-state index < -0.39 is 5.97 Å². The van der Waals surface area contributed by atoms with Crippen molar-refractivity contribution in [1.29, 1.82) is 0 Å². The third-order valence-corrected chi connectivity index (χ3v) is 2.68. The molecule has 0 atom stereocenters. The summed E-state index contributed by atoms with van der Waals surface area (Å²) in [6.07, 6.45) is 2.64. The van der Waals surface area contributed by atoms with Crippen molar-refractivity contribution < 1.29 is 14.7 Å². The van der Waals surface area contributed by atoms with Gasteiger partial charge in [0.05, 0.1) is 17.3 Å². The average molecular weight is 249 g/mol. The summed E-state index contributed by atoms with van der Waals surface area (Å²) >= 11 is 1.21. The van der Waals surface area contributed by atoms with E-state index in [4.69, 9.17) is 5.11 Å². The first-order valence-electron chi connectivity index (χ1n) is 4.56. The minimum absolute atomic E-state index is 0.0702. The molecule has 0 aromatic carbocycles. The quantitative estimate of drug-likeness (QED) is 0.859. The number of carbonyl (C=O) groups is 2. The normalized spacial score (nSPS) is 9.88. The molecule has 0 unspecified atom stereocenters. The lowest BCUT2D eigenvalue weighted by atomic mass is 10.3. The molecule has 2 aromatic rings. The number of carboxylic acids is 1. The van der Waals surface area contributed by atoms with Gasteiger partial charge < -0.3 is 10.4 Å². The van der Waals surface area contributed by atoms with E-state index in [0.29, 0.717) is 10.7 Å². The van der Waals surface area contributed by atoms with Crippen LogP contribution in [0.2, 0.25) is 0 Å². The fraction of sp³-hybridized carbons (Fsp3) is 0. The van der Waals surface area contributed by atoms with Gasteiger partial charge in [-0.15, -0.1) is 11.3 Å². The van der Waals surface area contributed by atoms with Crippen molar-refractivity contribution in [1.82, 2.24) is 9.97 Å². The predicted octanol–water partition coefficient (Wildman–Crippen LogP) is 1.49. The summed E-state index contributed by atoms with van der Waals surface area (Å²) < 4.78 is 0. The summed E-state index contributed by atoms with van der Waals surface area (Å²) in [6, 6.07) is 2.81. The molecule has 1 amide bonds. The Morgan fingerprint density at radius 3 is 2.65 bits per heavy atom. The monoisotopic (exact) mass is 249 g/mol. The van der Waals surface area contributed by atoms with Crippen LogP contribution in [0.25, 0.3) is 0 Å². The van der Waals surface area contributed by atoms with Gasteiger partial charge in [-0.3, -0.25) is 9.78 Å². The summed E-state index contributed by atoms with van der Waals surface area (Å²) in [5.41, 5.74) is 1.62. The molecular formula is C10H7N3O3S. The first-order chi connectivity index (χ1) is 8.16. The fourth-order valence-corrected chi connectivity index (χ4v) is 1.62. The Hall–Kier alpha value is -2.28. The molecule has 0 saturated heterocycles. The molecule has 2 rings (SSSR count). The van der Waals surface area contributed by atoms with Gasteiger partial charge in [-0.2, -0.15) is 0 Å². The SMILES string of the molecule is O=C(O)c1ccc(NC(=O)c2cncs2)nc1. The second-order valence-corrected chi connectivity index (χ2v) is 3.94. The van der Waals surface area contributed by atoms with Gasteiger partial charge in [0.1, 0.15) is 10.7 Å². The molecule has 7 heteroatoms. The highest BCUT2D eigenvalue weighted by molar-refractivity contribution is 7.11. The Bertz CT molecular complexity index is 536. The molecule has 0 bridgehead atoms. The van der Waals surface area contributed by atoms with Crippen LogP contribution in [-0.4, -0.2) is 27.0 Å². The van der Waals surface area contributed by atoms with E-state index in [1.807, 2.05) is 0 Å². The van der Waals surface area contributed by atoms with Crippen molar-refractivity contribution in [3.63, 3.8) is 0 Å². The fourth-order valence-electron chi connectivity index (χ4n) is 1.10. The van der Waals surface area contributed by atoms with E-state index in [2.05, 4.69) is 15.3 Å². The molecule has 6 nitrogen and oxygen atoms in total. The number of anilines is 1. The molecule has 0 radical (unpaired) electrons. The number of aromatic carboxylic acids is 1. The molecule has 2 aromatic heterocycles. The lowest BCUT2D eigenvalue weighted by molar-refractivity contribution is 0.0696. The van der Waals surface area contributed by atoms with Gasteiger partial charge in [0.15, 0.2) is 0 Å². The summed E-state index contributed by atoms with van der Waals surface area (Å²) in [7, 11) is 0. The highest BCUT2D eigenvalue weighted by atomic mass is 32.1. The number of carboxylic acid groups (broad SMARTS) is 1. The maximum absolute atomic E-state index is 11.6. The van der Waals surface area contributed by atoms with Gasteiger partial charge in [-0.1, -0.05) is 0 Å². The summed E-state index contributed by atoms with van der Waals surface area (Å²) in [4.78, 5) is 30.3. The Morgan fingerprint density at radius 1 is 1.29 bits per heavy atom. The summed E-state index contributed by atoms with van der Waals surface area (Å²) in [5.74, 6) is -1.07. The van der Waals surface area contributed by atoms with Crippen LogP contribution in [0.5, 0.6) is 0 Å². The standard InChI is InChI=1S/C10H7N3O3S/c14-9(7-4-11-5-17-7)13-8-2-1-6(3-12-8)10(15)16/h1-5H,(H,15,16)(H,12,13,14). The van der Waals surface area contributed by atoms with E-state index in [1.165, 1.54) is 35.9 Å². The van der Waals surface area contributed by atoms with Gasteiger partial charge in [-0.25, -0.2) is 9.78 Å². The van der Waals surface area contributed by atoms with Gasteiger partial charge >= 0.3 is 5.97 Å². The van der Waals surface area contributed by atoms with Gasteiger partial charge in [0, 0.05) is 6.20 Å². The average Bonchev–Trinajstić information content (AvgIpc) is 2.83. The van der Waals surface area contributed by atoms with Gasteiger partial charge in [0.25, 0.3) is 5.91 Å². The molecular weight excluding hydrogens is 242 g/mol. The Morgan fingerprint density at radius 2 is 2.12 bits per heavy atom. The molecule has 86 valence electrons. The second-order valence-electron chi connectivity index (χ2n) is 3.06. The molecule has 0 fully saturated rings. The third-order valence-electron chi connectivity index (χ3n) is 1.91. The van der Waals surface area contributed by atoms with E-state index in [9.17, 15) is 9.59 Å². The van der Waals surface area contributed by atoms with Crippen molar-refractivity contribution in [2.75, 3.05) is 5.32 Å². The number of aromatic nitrogens is 2. The number of rotatable bonds is 3. The lowest BCUT2D eigenvalue weighted by Gasteiger charge is -2.02. The molecule has 0 aliphatic rings. The van der Waals surface area contributed by atoms with Crippen molar-refractivity contribution in [2.24, 2.45) is 0 Å². The smallest absolute Gasteiger partial charge is 0.337 e. The van der Waals surface area contributed by atoms with Crippen molar-refractivity contribution in [2.45, 2.75) is 0 Å². The first-order valence-corrected chi connectivity index (χ1v) is 5.44. The molecule has 2 heterocycles. The van der Waals surface area contributed by atoms with Crippen LogP contribution >= 0.6 is 11.3 Å². The maximum atomic E-state index is 11.6. The largest absolute Gasteiger partial charge is 0.478 e. The number of nitrogens with one attached hydrogen (secondary N) is 1. The van der Waals surface area contributed by atoms with Gasteiger partial charge in [-0.05, 0) is 12.1 Å². The van der Waals surface area contributed by atoms with Crippen molar-refractivity contribution in [3.8, 4) is 0 Å². The van der Waals surface area contributed by atoms with Crippen LogP contribution in [0.3, 0.4) is 0 Å². The molecule has 0 aliphatic heterocycles. The highest BCUT2D eigenvalue weighted by Gasteiger charge is 2.09. The van der Waals surface area contributed by atoms with Crippen LogP contribution in [0.4, 0.5) is 5.82 Å². The summed E-state index contributed by atoms with van der Waals surface area (Å²) in [6.45, 7) is 0. The molecule has 17 heavy (non-hydrogen) atoms. The van der Waals surface area contributed by atoms with E-state index in [0.717, 1.165) is 0 Å². The Labute approximate surface area is 100.0 Å². The maximum Gasteiger partial charge on any atom is 0.337 e. The number of carbonyl (C=O) groups excluding carboxylic acids is 1. The molecule has 2 N–H and O–H groups in total. The van der Waals surface area contributed by atoms with E-state index in [1.54, 1.807) is 5.51 Å². The number of pyridine rings is 1. The van der Waals surface area contributed by atoms with E-state index >= 15 is 0 Å². The van der Waals surface area contributed by atoms with Crippen LogP contribution in [0, 0.1) is 0 Å². The molecule has 0 aliphatic carbocycles. The molecule has 0 spiro atoms. The number of thiazole rings is 1. The van der Waals surface area contributed by atoms with Crippen LogP contribution in [0.15, 0.2) is 30.0 Å². The predicted molar refractivity (Wildman–Crippen MR) is 61.3 cm³/mol. The topological polar surface area (TPSA) is 92.2 Å². The zero-order valence-electron chi connectivity index (χ0n) is 8.45. The number of hydrogen-bond acceptors (Lipinski definition) is 5. The zero-order chi connectivity index (χ0) is 12.3. The van der Waals surface area contributed by atoms with Crippen LogP contribution in [-0.2, 0) is 0 Å². The van der Waals surface area contributed by atoms with E-state index in [-0.39, 0.29) is 11.5 Å². The molecule has 0 saturated carbocycles. The highest BCUT2D eigenvalue weighted by Crippen LogP contribution is 2.10. The Kier molecular flexibility index (Phi) is 3.10. The number of amides is 1. The van der Waals surface area contributed by atoms with Crippen molar-refractivity contribution >= 4 is 29.0 Å². The number of hydrogen-bond donors (Lipinski definition) is 2.